The van der Waals surface area contributed by atoms with E-state index in [-0.39, 0.29) is 36.1 Å². The van der Waals surface area contributed by atoms with Crippen molar-refractivity contribution in [3.05, 3.63) is 82.6 Å². The Hall–Kier alpha value is -3.78. The van der Waals surface area contributed by atoms with Gasteiger partial charge in [-0.25, -0.2) is 4.58 Å². The van der Waals surface area contributed by atoms with Crippen LogP contribution in [0.3, 0.4) is 0 Å². The Bertz CT molecular complexity index is 2030. The zero-order valence-corrected chi connectivity index (χ0v) is 30.6. The van der Waals surface area contributed by atoms with E-state index in [0.29, 0.717) is 29.1 Å². The first-order valence-electron chi connectivity index (χ1n) is 16.4. The van der Waals surface area contributed by atoms with Crippen molar-refractivity contribution < 1.29 is 40.3 Å². The summed E-state index contributed by atoms with van der Waals surface area (Å²) >= 11 is 0. The van der Waals surface area contributed by atoms with Crippen molar-refractivity contribution >= 4 is 38.0 Å². The number of anilines is 1. The second-order valence-electron chi connectivity index (χ2n) is 13.6. The van der Waals surface area contributed by atoms with Gasteiger partial charge in [0.2, 0.25) is 5.36 Å². The molecule has 0 saturated heterocycles. The van der Waals surface area contributed by atoms with Crippen LogP contribution in [-0.2, 0) is 35.9 Å². The normalized spacial score (nSPS) is 17.7. The van der Waals surface area contributed by atoms with Crippen LogP contribution in [0.2, 0.25) is 0 Å². The molecule has 4 rings (SSSR count). The minimum atomic E-state index is -4.55. The van der Waals surface area contributed by atoms with E-state index in [2.05, 4.69) is 51.3 Å². The van der Waals surface area contributed by atoms with E-state index >= 15 is 0 Å². The Morgan fingerprint density at radius 1 is 1.00 bits per heavy atom. The standard InChI is InChI=1S/C36H46N2O9S2/c1-7-37(8-2)25-15-17-28-29(35(3,4)5)23-26(47-32(28)22-25)12-9-13-33-36(6,19-10-14-34(39)40)30-24-27(49(44,45)46)16-18-31(30)38(33)20-11-21-48(41,42)43/h9,12-13,15-18,22-24H,7-8,10-11,14,19-21H2,1-6H3,(H2-,39,40,41,42,43,44,45,46)/p+1. The number of nitrogens with zero attached hydrogens (tertiary/aromatic N) is 2. The fourth-order valence-corrected chi connectivity index (χ4v) is 7.61. The predicted molar refractivity (Wildman–Crippen MR) is 191 cm³/mol. The fraction of sp³-hybridized carbons (Fsp3) is 0.444. The molecule has 11 nitrogen and oxygen atoms in total. The van der Waals surface area contributed by atoms with Gasteiger partial charge in [-0.15, -0.1) is 0 Å². The summed E-state index contributed by atoms with van der Waals surface area (Å²) in [5.74, 6) is -0.122. The van der Waals surface area contributed by atoms with Gasteiger partial charge in [0.05, 0.1) is 16.7 Å². The molecular weight excluding hydrogens is 669 g/mol. The van der Waals surface area contributed by atoms with Gasteiger partial charge in [0.15, 0.2) is 0 Å². The van der Waals surface area contributed by atoms with Crippen LogP contribution in [0.4, 0.5) is 5.69 Å². The van der Waals surface area contributed by atoms with E-state index in [1.54, 1.807) is 6.07 Å². The van der Waals surface area contributed by atoms with E-state index in [9.17, 15) is 35.8 Å². The average Bonchev–Trinajstić information content (AvgIpc) is 3.22. The van der Waals surface area contributed by atoms with Crippen LogP contribution < -0.4 is 14.8 Å². The number of benzene rings is 2. The van der Waals surface area contributed by atoms with Crippen molar-refractivity contribution in [1.82, 2.24) is 4.58 Å². The van der Waals surface area contributed by atoms with Gasteiger partial charge in [-0.1, -0.05) is 26.8 Å². The second kappa shape index (κ2) is 14.6. The number of fused-ring (bicyclic) bond motifs is 2. The van der Waals surface area contributed by atoms with Crippen molar-refractivity contribution in [2.75, 3.05) is 30.3 Å². The van der Waals surface area contributed by atoms with Gasteiger partial charge >= 0.3 is 5.97 Å². The average molecular weight is 716 g/mol. The molecular formula is C36H47N2O9S2+. The molecule has 3 aliphatic rings. The number of hydrogen-bond acceptors (Lipinski definition) is 7. The largest absolute Gasteiger partial charge is 0.481 e. The number of hydrogen-bond donors (Lipinski definition) is 3. The van der Waals surface area contributed by atoms with E-state index in [1.807, 2.05) is 42.2 Å². The van der Waals surface area contributed by atoms with Gasteiger partial charge in [0.25, 0.3) is 20.2 Å². The molecule has 0 saturated carbocycles. The van der Waals surface area contributed by atoms with Gasteiger partial charge < -0.3 is 14.4 Å². The van der Waals surface area contributed by atoms with Crippen LogP contribution >= 0.6 is 0 Å². The van der Waals surface area contributed by atoms with Crippen molar-refractivity contribution in [1.29, 1.82) is 0 Å². The quantitative estimate of drug-likeness (QED) is 0.142. The number of aliphatic carboxylic acids is 1. The Balaban J connectivity index is 1.89. The monoisotopic (exact) mass is 715 g/mol. The molecule has 1 atom stereocenters. The highest BCUT2D eigenvalue weighted by atomic mass is 32.2. The zero-order valence-electron chi connectivity index (χ0n) is 28.9. The number of carbonyl (C=O) groups is 1. The summed E-state index contributed by atoms with van der Waals surface area (Å²) in [4.78, 5) is 13.0. The second-order valence-corrected chi connectivity index (χ2v) is 16.6. The maximum Gasteiger partial charge on any atom is 0.303 e. The maximum atomic E-state index is 12.1. The van der Waals surface area contributed by atoms with E-state index in [4.69, 9.17) is 4.42 Å². The Kier molecular flexibility index (Phi) is 11.3. The lowest BCUT2D eigenvalue weighted by molar-refractivity contribution is -0.137. The third kappa shape index (κ3) is 8.88. The number of rotatable bonds is 13. The molecule has 0 amide bonds. The van der Waals surface area contributed by atoms with Gasteiger partial charge in [0.1, 0.15) is 24.6 Å². The minimum absolute atomic E-state index is 0.0639. The maximum absolute atomic E-state index is 12.1. The minimum Gasteiger partial charge on any atom is -0.481 e. The molecule has 0 bridgehead atoms. The van der Waals surface area contributed by atoms with Crippen LogP contribution in [0.25, 0.3) is 17.4 Å². The number of carboxylic acids is 1. The van der Waals surface area contributed by atoms with Gasteiger partial charge in [-0.3, -0.25) is 13.9 Å². The molecule has 2 heterocycles. The summed E-state index contributed by atoms with van der Waals surface area (Å²) in [6.45, 7) is 14.3. The van der Waals surface area contributed by atoms with Crippen LogP contribution in [0.15, 0.2) is 69.6 Å². The summed E-state index contributed by atoms with van der Waals surface area (Å²) < 4.78 is 75.4. The molecule has 3 N–H and O–H groups in total. The molecule has 49 heavy (non-hydrogen) atoms. The topological polar surface area (TPSA) is 165 Å². The molecule has 0 radical (unpaired) electrons. The van der Waals surface area contributed by atoms with Crippen molar-refractivity contribution in [3.8, 4) is 11.3 Å². The molecule has 2 aliphatic heterocycles. The summed E-state index contributed by atoms with van der Waals surface area (Å²) in [7, 11) is -8.79. The molecule has 266 valence electrons. The van der Waals surface area contributed by atoms with E-state index in [0.717, 1.165) is 35.3 Å². The summed E-state index contributed by atoms with van der Waals surface area (Å²) in [5.41, 5.74) is 2.82. The fourth-order valence-electron chi connectivity index (χ4n) is 6.61. The molecule has 0 spiro atoms. The highest BCUT2D eigenvalue weighted by molar-refractivity contribution is 7.86. The first-order chi connectivity index (χ1) is 22.8. The molecule has 1 unspecified atom stereocenters. The predicted octanol–water partition coefficient (Wildman–Crippen LogP) is 5.95. The third-order valence-corrected chi connectivity index (χ3v) is 10.7. The van der Waals surface area contributed by atoms with Crippen molar-refractivity contribution in [2.24, 2.45) is 0 Å². The third-order valence-electron chi connectivity index (χ3n) is 9.08. The smallest absolute Gasteiger partial charge is 0.303 e. The van der Waals surface area contributed by atoms with Crippen LogP contribution in [0, 0.1) is 0 Å². The van der Waals surface area contributed by atoms with Crippen LogP contribution in [0.5, 0.6) is 0 Å². The number of carboxylic acid groups (broad SMARTS) is 1. The lowest BCUT2D eigenvalue weighted by Crippen LogP contribution is -2.30. The summed E-state index contributed by atoms with van der Waals surface area (Å²) in [6, 6.07) is 12.4. The number of allylic oxidation sites excluding steroid dienone is 3. The van der Waals surface area contributed by atoms with Gasteiger partial charge in [-0.2, -0.15) is 16.8 Å². The first kappa shape index (κ1) is 38.0. The van der Waals surface area contributed by atoms with Gasteiger partial charge in [0, 0.05) is 41.4 Å². The highest BCUT2D eigenvalue weighted by Gasteiger charge is 2.43. The lowest BCUT2D eigenvalue weighted by Gasteiger charge is -2.30. The van der Waals surface area contributed by atoms with Crippen molar-refractivity contribution in [3.63, 3.8) is 0 Å². The Morgan fingerprint density at radius 3 is 2.29 bits per heavy atom. The van der Waals surface area contributed by atoms with E-state index < -0.39 is 37.4 Å². The molecule has 1 aliphatic carbocycles. The van der Waals surface area contributed by atoms with Gasteiger partial charge in [-0.05, 0) is 99.1 Å². The zero-order chi connectivity index (χ0) is 36.4. The Morgan fingerprint density at radius 2 is 1.69 bits per heavy atom. The first-order valence-corrected chi connectivity index (χ1v) is 19.4. The Labute approximate surface area is 289 Å². The summed E-state index contributed by atoms with van der Waals surface area (Å²) in [6.07, 6.45) is 6.01. The lowest BCUT2D eigenvalue weighted by atomic mass is 9.77. The molecule has 1 aromatic carbocycles. The molecule has 13 heteroatoms. The highest BCUT2D eigenvalue weighted by Crippen LogP contribution is 2.51. The SMILES string of the molecule is CC[N+](CC)=c1ccc2c(C(C)(C)C)cc(/C=C/C=C3\N(CCCS(=O)(=O)O)c4ccc(S(=O)(=O)O)cc4C3(C)CCCC(=O)O)oc-2c1. The summed E-state index contributed by atoms with van der Waals surface area (Å²) in [5, 5.41) is 10.4. The van der Waals surface area contributed by atoms with E-state index in [1.165, 1.54) is 12.1 Å². The van der Waals surface area contributed by atoms with Crippen LogP contribution in [0.1, 0.15) is 84.1 Å². The van der Waals surface area contributed by atoms with Crippen LogP contribution in [-0.4, -0.2) is 62.4 Å². The molecule has 0 fully saturated rings. The molecule has 1 aromatic rings. The molecule has 0 aromatic heterocycles. The van der Waals surface area contributed by atoms with Crippen molar-refractivity contribution in [2.45, 2.75) is 83.0 Å².